The van der Waals surface area contributed by atoms with Crippen molar-refractivity contribution >= 4 is 11.9 Å². The van der Waals surface area contributed by atoms with Crippen LogP contribution in [0.1, 0.15) is 49.7 Å². The number of benzene rings is 1. The van der Waals surface area contributed by atoms with E-state index in [1.807, 2.05) is 34.8 Å². The van der Waals surface area contributed by atoms with E-state index in [1.165, 1.54) is 16.8 Å². The molecule has 0 spiro atoms. The highest BCUT2D eigenvalue weighted by atomic mass is 16.2. The zero-order valence-corrected chi connectivity index (χ0v) is 20.0. The molecule has 7 heteroatoms. The molecule has 0 saturated carbocycles. The summed E-state index contributed by atoms with van der Waals surface area (Å²) in [5, 5.41) is 11.5. The molecule has 0 radical (unpaired) electrons. The van der Waals surface area contributed by atoms with Gasteiger partial charge < -0.3 is 15.5 Å². The summed E-state index contributed by atoms with van der Waals surface area (Å²) in [6, 6.07) is 10.4. The molecule has 1 aromatic heterocycles. The fourth-order valence-electron chi connectivity index (χ4n) is 4.43. The molecule has 1 fully saturated rings. The van der Waals surface area contributed by atoms with E-state index in [0.29, 0.717) is 18.9 Å². The molecule has 0 bridgehead atoms. The van der Waals surface area contributed by atoms with Crippen molar-refractivity contribution in [3.05, 3.63) is 52.8 Å². The number of hydrogen-bond acceptors (Lipinski definition) is 3. The van der Waals surface area contributed by atoms with Crippen molar-refractivity contribution < 1.29 is 4.79 Å². The second-order valence-corrected chi connectivity index (χ2v) is 8.42. The molecular weight excluding hydrogens is 400 g/mol. The third-order valence-electron chi connectivity index (χ3n) is 6.13. The van der Waals surface area contributed by atoms with Crippen molar-refractivity contribution in [2.24, 2.45) is 18.0 Å². The Kier molecular flexibility index (Phi) is 8.71. The van der Waals surface area contributed by atoms with Crippen molar-refractivity contribution in [1.82, 2.24) is 25.3 Å². The number of hydrogen-bond donors (Lipinski definition) is 2. The number of nitrogens with one attached hydrogen (secondary N) is 2. The highest BCUT2D eigenvalue weighted by molar-refractivity contribution is 5.81. The molecule has 1 aliphatic heterocycles. The van der Waals surface area contributed by atoms with Gasteiger partial charge in [0.25, 0.3) is 0 Å². The maximum atomic E-state index is 12.5. The van der Waals surface area contributed by atoms with Gasteiger partial charge in [-0.3, -0.25) is 9.48 Å². The molecule has 1 unspecified atom stereocenters. The maximum absolute atomic E-state index is 12.5. The topological polar surface area (TPSA) is 74.5 Å². The lowest BCUT2D eigenvalue weighted by Gasteiger charge is -2.18. The fourth-order valence-corrected chi connectivity index (χ4v) is 4.43. The molecule has 3 rings (SSSR count). The standard InChI is InChI=1S/C25H38N6O/c1-5-22-21(23(6-2)30(4)29-22)17-28-25(26-7-3)27-16-20-15-24(32)31(18-20)14-13-19-11-9-8-10-12-19/h8-12,20H,5-7,13-18H2,1-4H3,(H2,26,27,28). The van der Waals surface area contributed by atoms with Crippen molar-refractivity contribution in [2.75, 3.05) is 26.2 Å². The van der Waals surface area contributed by atoms with Gasteiger partial charge in [-0.25, -0.2) is 4.99 Å². The smallest absolute Gasteiger partial charge is 0.223 e. The van der Waals surface area contributed by atoms with E-state index in [1.54, 1.807) is 0 Å². The van der Waals surface area contributed by atoms with E-state index in [0.717, 1.165) is 57.1 Å². The molecule has 1 saturated heterocycles. The second kappa shape index (κ2) is 11.7. The van der Waals surface area contributed by atoms with Gasteiger partial charge >= 0.3 is 0 Å². The summed E-state index contributed by atoms with van der Waals surface area (Å²) in [4.78, 5) is 19.3. The molecule has 1 atom stereocenters. The van der Waals surface area contributed by atoms with Crippen LogP contribution in [-0.2, 0) is 37.6 Å². The number of nitrogens with zero attached hydrogens (tertiary/aromatic N) is 4. The van der Waals surface area contributed by atoms with Crippen molar-refractivity contribution in [3.63, 3.8) is 0 Å². The number of amides is 1. The Hall–Kier alpha value is -2.83. The minimum Gasteiger partial charge on any atom is -0.357 e. The van der Waals surface area contributed by atoms with Crippen LogP contribution in [0.4, 0.5) is 0 Å². The Morgan fingerprint density at radius 2 is 1.94 bits per heavy atom. The Balaban J connectivity index is 1.55. The minimum atomic E-state index is 0.255. The van der Waals surface area contributed by atoms with E-state index in [2.05, 4.69) is 48.6 Å². The van der Waals surface area contributed by atoms with Crippen LogP contribution in [0.25, 0.3) is 0 Å². The van der Waals surface area contributed by atoms with Crippen LogP contribution in [0.5, 0.6) is 0 Å². The van der Waals surface area contributed by atoms with Crippen molar-refractivity contribution in [1.29, 1.82) is 0 Å². The van der Waals surface area contributed by atoms with E-state index >= 15 is 0 Å². The van der Waals surface area contributed by atoms with Gasteiger partial charge in [-0.05, 0) is 31.7 Å². The van der Waals surface area contributed by atoms with E-state index in [4.69, 9.17) is 4.99 Å². The lowest BCUT2D eigenvalue weighted by molar-refractivity contribution is -0.127. The third-order valence-corrected chi connectivity index (χ3v) is 6.13. The maximum Gasteiger partial charge on any atom is 0.223 e. The number of rotatable bonds is 10. The lowest BCUT2D eigenvalue weighted by Crippen LogP contribution is -2.40. The predicted molar refractivity (Wildman–Crippen MR) is 130 cm³/mol. The molecule has 1 aromatic carbocycles. The summed E-state index contributed by atoms with van der Waals surface area (Å²) in [6.45, 7) is 10.1. The van der Waals surface area contributed by atoms with Gasteiger partial charge in [0, 0.05) is 56.8 Å². The number of carbonyl (C=O) groups is 1. The fraction of sp³-hybridized carbons (Fsp3) is 0.560. The SMILES string of the molecule is CCNC(=NCc1c(CC)nn(C)c1CC)NCC1CC(=O)N(CCc2ccccc2)C1. The number of likely N-dealkylation sites (tertiary alicyclic amines) is 1. The number of aryl methyl sites for hydroxylation is 2. The average molecular weight is 439 g/mol. The highest BCUT2D eigenvalue weighted by Gasteiger charge is 2.29. The zero-order valence-electron chi connectivity index (χ0n) is 20.0. The first kappa shape index (κ1) is 23.8. The van der Waals surface area contributed by atoms with Crippen LogP contribution in [0.2, 0.25) is 0 Å². The van der Waals surface area contributed by atoms with Crippen LogP contribution in [0.15, 0.2) is 35.3 Å². The normalized spacial score (nSPS) is 16.6. The van der Waals surface area contributed by atoms with Crippen molar-refractivity contribution in [3.8, 4) is 0 Å². The summed E-state index contributed by atoms with van der Waals surface area (Å²) in [5.41, 5.74) is 4.88. The molecule has 32 heavy (non-hydrogen) atoms. The van der Waals surface area contributed by atoms with Gasteiger partial charge in [-0.2, -0.15) is 5.10 Å². The lowest BCUT2D eigenvalue weighted by atomic mass is 10.1. The van der Waals surface area contributed by atoms with Gasteiger partial charge in [0.15, 0.2) is 5.96 Å². The van der Waals surface area contributed by atoms with Gasteiger partial charge in [0.2, 0.25) is 5.91 Å². The molecule has 1 aliphatic rings. The third kappa shape index (κ3) is 6.11. The van der Waals surface area contributed by atoms with Crippen LogP contribution >= 0.6 is 0 Å². The van der Waals surface area contributed by atoms with E-state index < -0.39 is 0 Å². The van der Waals surface area contributed by atoms with E-state index in [9.17, 15) is 4.79 Å². The number of carbonyl (C=O) groups excluding carboxylic acids is 1. The highest BCUT2D eigenvalue weighted by Crippen LogP contribution is 2.18. The Morgan fingerprint density at radius 1 is 1.16 bits per heavy atom. The summed E-state index contributed by atoms with van der Waals surface area (Å²) >= 11 is 0. The first-order chi connectivity index (χ1) is 15.5. The monoisotopic (exact) mass is 438 g/mol. The molecule has 174 valence electrons. The number of aromatic nitrogens is 2. The number of guanidine groups is 1. The average Bonchev–Trinajstić information content (AvgIpc) is 3.32. The first-order valence-corrected chi connectivity index (χ1v) is 11.9. The Labute approximate surface area is 192 Å². The van der Waals surface area contributed by atoms with Gasteiger partial charge in [0.1, 0.15) is 0 Å². The van der Waals surface area contributed by atoms with Gasteiger partial charge in [-0.15, -0.1) is 0 Å². The largest absolute Gasteiger partial charge is 0.357 e. The summed E-state index contributed by atoms with van der Waals surface area (Å²) in [6.07, 6.45) is 3.36. The molecule has 2 heterocycles. The van der Waals surface area contributed by atoms with Gasteiger partial charge in [0.05, 0.1) is 12.2 Å². The zero-order chi connectivity index (χ0) is 22.9. The molecular formula is C25H38N6O. The van der Waals surface area contributed by atoms with Gasteiger partial charge in [-0.1, -0.05) is 44.2 Å². The van der Waals surface area contributed by atoms with Crippen LogP contribution < -0.4 is 10.6 Å². The summed E-state index contributed by atoms with van der Waals surface area (Å²) in [5.74, 6) is 1.36. The Bertz CT molecular complexity index is 905. The molecule has 0 aliphatic carbocycles. The van der Waals surface area contributed by atoms with E-state index in [-0.39, 0.29) is 5.91 Å². The Morgan fingerprint density at radius 3 is 2.62 bits per heavy atom. The minimum absolute atomic E-state index is 0.255. The molecule has 7 nitrogen and oxygen atoms in total. The van der Waals surface area contributed by atoms with Crippen LogP contribution in [0, 0.1) is 5.92 Å². The summed E-state index contributed by atoms with van der Waals surface area (Å²) < 4.78 is 1.98. The molecule has 2 N–H and O–H groups in total. The first-order valence-electron chi connectivity index (χ1n) is 11.9. The van der Waals surface area contributed by atoms with Crippen molar-refractivity contribution in [2.45, 2.75) is 53.0 Å². The molecule has 2 aromatic rings. The predicted octanol–water partition coefficient (Wildman–Crippen LogP) is 2.69. The molecule has 1 amide bonds. The second-order valence-electron chi connectivity index (χ2n) is 8.42. The number of aliphatic imine (C=N–C) groups is 1. The summed E-state index contributed by atoms with van der Waals surface area (Å²) in [7, 11) is 2.01. The quantitative estimate of drug-likeness (QED) is 0.442. The van der Waals surface area contributed by atoms with Crippen LogP contribution in [0.3, 0.4) is 0 Å². The van der Waals surface area contributed by atoms with Crippen LogP contribution in [-0.4, -0.2) is 52.7 Å².